The fourth-order valence-corrected chi connectivity index (χ4v) is 3.02. The average molecular weight is 265 g/mol. The molecule has 4 nitrogen and oxygen atoms in total. The van der Waals surface area contributed by atoms with Crippen LogP contribution in [0.2, 0.25) is 0 Å². The zero-order valence-corrected chi connectivity index (χ0v) is 11.8. The molecular formula is C15H23NO3. The van der Waals surface area contributed by atoms with E-state index in [1.807, 2.05) is 31.2 Å². The highest BCUT2D eigenvalue weighted by molar-refractivity contribution is 5.44. The molecule has 1 aromatic rings. The molecule has 0 spiro atoms. The summed E-state index contributed by atoms with van der Waals surface area (Å²) in [5.74, 6) is 0.808. The molecule has 0 aliphatic carbocycles. The van der Waals surface area contributed by atoms with Crippen LogP contribution >= 0.6 is 0 Å². The van der Waals surface area contributed by atoms with Crippen LogP contribution in [0, 0.1) is 0 Å². The van der Waals surface area contributed by atoms with Gasteiger partial charge in [0.25, 0.3) is 0 Å². The van der Waals surface area contributed by atoms with Crippen LogP contribution in [0.4, 0.5) is 0 Å². The van der Waals surface area contributed by atoms with Crippen LogP contribution in [0.3, 0.4) is 0 Å². The van der Waals surface area contributed by atoms with Crippen molar-refractivity contribution in [2.45, 2.75) is 37.4 Å². The summed E-state index contributed by atoms with van der Waals surface area (Å²) in [6, 6.07) is 7.79. The Balaban J connectivity index is 2.56. The first-order chi connectivity index (χ1) is 8.99. The molecule has 0 aromatic heterocycles. The van der Waals surface area contributed by atoms with Gasteiger partial charge in [0.2, 0.25) is 0 Å². The number of hydrogen-bond donors (Lipinski definition) is 2. The zero-order valence-electron chi connectivity index (χ0n) is 11.8. The van der Waals surface area contributed by atoms with Gasteiger partial charge in [-0.2, -0.15) is 0 Å². The van der Waals surface area contributed by atoms with Crippen LogP contribution in [0.5, 0.6) is 5.75 Å². The molecule has 19 heavy (non-hydrogen) atoms. The fourth-order valence-electron chi connectivity index (χ4n) is 3.02. The summed E-state index contributed by atoms with van der Waals surface area (Å²) in [6.07, 6.45) is 0.364. The Morgan fingerprint density at radius 2 is 2.21 bits per heavy atom. The second kappa shape index (κ2) is 5.12. The van der Waals surface area contributed by atoms with Gasteiger partial charge in [0.05, 0.1) is 18.3 Å². The van der Waals surface area contributed by atoms with Crippen LogP contribution < -0.4 is 10.5 Å². The van der Waals surface area contributed by atoms with Gasteiger partial charge in [-0.05, 0) is 26.3 Å². The van der Waals surface area contributed by atoms with Crippen molar-refractivity contribution in [2.24, 2.45) is 5.73 Å². The summed E-state index contributed by atoms with van der Waals surface area (Å²) in [7, 11) is 1.61. The van der Waals surface area contributed by atoms with Gasteiger partial charge in [-0.15, -0.1) is 0 Å². The molecular weight excluding hydrogens is 242 g/mol. The minimum Gasteiger partial charge on any atom is -0.493 e. The number of benzene rings is 1. The molecule has 0 amide bonds. The van der Waals surface area contributed by atoms with Crippen molar-refractivity contribution in [1.82, 2.24) is 0 Å². The second-order valence-electron chi connectivity index (χ2n) is 5.41. The number of fused-ring (bicyclic) bond motifs is 1. The van der Waals surface area contributed by atoms with Gasteiger partial charge >= 0.3 is 0 Å². The van der Waals surface area contributed by atoms with Gasteiger partial charge in [0, 0.05) is 24.6 Å². The van der Waals surface area contributed by atoms with Gasteiger partial charge in [-0.25, -0.2) is 0 Å². The highest BCUT2D eigenvalue weighted by Gasteiger charge is 2.53. The Bertz CT molecular complexity index is 447. The second-order valence-corrected chi connectivity index (χ2v) is 5.41. The molecule has 1 aliphatic rings. The van der Waals surface area contributed by atoms with E-state index in [1.54, 1.807) is 14.0 Å². The monoisotopic (exact) mass is 265 g/mol. The maximum Gasteiger partial charge on any atom is 0.123 e. The first kappa shape index (κ1) is 14.3. The Labute approximate surface area is 114 Å². The van der Waals surface area contributed by atoms with Crippen LogP contribution in [0.1, 0.15) is 25.8 Å². The Kier molecular flexibility index (Phi) is 3.85. The molecule has 106 valence electrons. The minimum atomic E-state index is -1.06. The third-order valence-electron chi connectivity index (χ3n) is 4.65. The summed E-state index contributed by atoms with van der Waals surface area (Å²) in [6.45, 7) is 4.58. The highest BCUT2D eigenvalue weighted by Crippen LogP contribution is 2.46. The van der Waals surface area contributed by atoms with Gasteiger partial charge in [-0.1, -0.05) is 18.2 Å². The Hall–Kier alpha value is -1.10. The van der Waals surface area contributed by atoms with Crippen molar-refractivity contribution in [1.29, 1.82) is 0 Å². The van der Waals surface area contributed by atoms with E-state index < -0.39 is 11.0 Å². The molecule has 1 aliphatic heterocycles. The van der Waals surface area contributed by atoms with Crippen molar-refractivity contribution in [3.05, 3.63) is 29.8 Å². The van der Waals surface area contributed by atoms with E-state index in [2.05, 4.69) is 0 Å². The highest BCUT2D eigenvalue weighted by atomic mass is 16.5. The zero-order chi connectivity index (χ0) is 14.1. The van der Waals surface area contributed by atoms with Crippen molar-refractivity contribution in [3.63, 3.8) is 0 Å². The van der Waals surface area contributed by atoms with E-state index in [0.29, 0.717) is 19.6 Å². The number of ether oxygens (including phenoxy) is 2. The van der Waals surface area contributed by atoms with E-state index in [4.69, 9.17) is 15.2 Å². The van der Waals surface area contributed by atoms with Gasteiger partial charge in [-0.3, -0.25) is 0 Å². The summed E-state index contributed by atoms with van der Waals surface area (Å²) < 4.78 is 11.0. The van der Waals surface area contributed by atoms with E-state index in [-0.39, 0.29) is 6.10 Å². The molecule has 0 saturated carbocycles. The molecule has 0 radical (unpaired) electrons. The van der Waals surface area contributed by atoms with E-state index in [1.165, 1.54) is 0 Å². The number of methoxy groups -OCH3 is 1. The van der Waals surface area contributed by atoms with Crippen LogP contribution in [-0.2, 0) is 10.2 Å². The molecule has 3 N–H and O–H groups in total. The standard InChI is InChI=1S/C15H23NO3/c1-11(18-3)14(2,17)15(10-16)8-9-19-13-7-5-4-6-12(13)15/h4-7,11,17H,8-10,16H2,1-3H3. The molecule has 1 heterocycles. The largest absolute Gasteiger partial charge is 0.493 e. The van der Waals surface area contributed by atoms with Crippen molar-refractivity contribution in [2.75, 3.05) is 20.3 Å². The number of aliphatic hydroxyl groups is 1. The molecule has 0 saturated heterocycles. The van der Waals surface area contributed by atoms with Crippen LogP contribution in [-0.4, -0.2) is 37.1 Å². The first-order valence-corrected chi connectivity index (χ1v) is 6.67. The lowest BCUT2D eigenvalue weighted by Crippen LogP contribution is -2.61. The predicted octanol–water partition coefficient (Wildman–Crippen LogP) is 1.45. The molecule has 0 fully saturated rings. The van der Waals surface area contributed by atoms with Crippen LogP contribution in [0.25, 0.3) is 0 Å². The average Bonchev–Trinajstić information content (AvgIpc) is 2.45. The Morgan fingerprint density at radius 3 is 2.84 bits per heavy atom. The smallest absolute Gasteiger partial charge is 0.123 e. The number of rotatable bonds is 4. The SMILES string of the molecule is COC(C)C(C)(O)C1(CN)CCOc2ccccc21. The van der Waals surface area contributed by atoms with E-state index in [0.717, 1.165) is 11.3 Å². The summed E-state index contributed by atoms with van der Waals surface area (Å²) in [5.41, 5.74) is 5.43. The van der Waals surface area contributed by atoms with Crippen molar-refractivity contribution < 1.29 is 14.6 Å². The summed E-state index contributed by atoms with van der Waals surface area (Å²) in [4.78, 5) is 0. The maximum atomic E-state index is 11.0. The van der Waals surface area contributed by atoms with Gasteiger partial charge in [0.1, 0.15) is 5.75 Å². The first-order valence-electron chi connectivity index (χ1n) is 6.67. The fraction of sp³-hybridized carbons (Fsp3) is 0.600. The van der Waals surface area contributed by atoms with E-state index in [9.17, 15) is 5.11 Å². The lowest BCUT2D eigenvalue weighted by atomic mass is 9.63. The van der Waals surface area contributed by atoms with Crippen molar-refractivity contribution >= 4 is 0 Å². The predicted molar refractivity (Wildman–Crippen MR) is 74.4 cm³/mol. The lowest BCUT2D eigenvalue weighted by molar-refractivity contribution is -0.128. The van der Waals surface area contributed by atoms with E-state index >= 15 is 0 Å². The van der Waals surface area contributed by atoms with Crippen molar-refractivity contribution in [3.8, 4) is 5.75 Å². The number of nitrogens with two attached hydrogens (primary N) is 1. The third-order valence-corrected chi connectivity index (χ3v) is 4.65. The number of para-hydroxylation sites is 1. The normalized spacial score (nSPS) is 27.0. The molecule has 0 bridgehead atoms. The van der Waals surface area contributed by atoms with Crippen LogP contribution in [0.15, 0.2) is 24.3 Å². The third kappa shape index (κ3) is 2.04. The quantitative estimate of drug-likeness (QED) is 0.865. The van der Waals surface area contributed by atoms with Gasteiger partial charge < -0.3 is 20.3 Å². The number of hydrogen-bond acceptors (Lipinski definition) is 4. The minimum absolute atomic E-state index is 0.317. The molecule has 2 rings (SSSR count). The Morgan fingerprint density at radius 1 is 1.53 bits per heavy atom. The van der Waals surface area contributed by atoms with Gasteiger partial charge in [0.15, 0.2) is 0 Å². The summed E-state index contributed by atoms with van der Waals surface area (Å²) in [5, 5.41) is 11.0. The molecule has 3 atom stereocenters. The topological polar surface area (TPSA) is 64.7 Å². The molecule has 3 unspecified atom stereocenters. The maximum absolute atomic E-state index is 11.0. The summed E-state index contributed by atoms with van der Waals surface area (Å²) >= 11 is 0. The molecule has 1 aromatic carbocycles. The molecule has 4 heteroatoms. The lowest BCUT2D eigenvalue weighted by Gasteiger charge is -2.50.